The molecule has 2 fully saturated rings. The summed E-state index contributed by atoms with van der Waals surface area (Å²) >= 11 is 0. The van der Waals surface area contributed by atoms with Gasteiger partial charge < -0.3 is 9.42 Å². The number of carbonyl (C=O) groups excluding carboxylic acids is 1. The molecule has 0 saturated heterocycles. The van der Waals surface area contributed by atoms with Crippen LogP contribution in [-0.2, 0) is 11.3 Å². The van der Waals surface area contributed by atoms with Crippen molar-refractivity contribution < 1.29 is 9.32 Å². The zero-order valence-electron chi connectivity index (χ0n) is 10.3. The highest BCUT2D eigenvalue weighted by Gasteiger charge is 2.48. The topological polar surface area (TPSA) is 46.3 Å². The standard InChI is InChI=1S/C13H18N2O2/c1-8-3-12(14-17-8)7-15(2)13(16)11-5-9-4-10(9)6-11/h3,9-11H,4-7H2,1-2H3. The van der Waals surface area contributed by atoms with Crippen LogP contribution in [0.25, 0.3) is 0 Å². The first-order valence-corrected chi connectivity index (χ1v) is 6.30. The number of carbonyl (C=O) groups is 1. The molecule has 1 aromatic heterocycles. The molecule has 0 N–H and O–H groups in total. The maximum Gasteiger partial charge on any atom is 0.225 e. The van der Waals surface area contributed by atoms with Crippen molar-refractivity contribution in [2.45, 2.75) is 32.7 Å². The fourth-order valence-electron chi connectivity index (χ4n) is 3.04. The van der Waals surface area contributed by atoms with Gasteiger partial charge >= 0.3 is 0 Å². The number of nitrogens with zero attached hydrogens (tertiary/aromatic N) is 2. The smallest absolute Gasteiger partial charge is 0.225 e. The number of aryl methyl sites for hydroxylation is 1. The van der Waals surface area contributed by atoms with Gasteiger partial charge in [-0.15, -0.1) is 0 Å². The van der Waals surface area contributed by atoms with Gasteiger partial charge in [0.1, 0.15) is 11.5 Å². The van der Waals surface area contributed by atoms with E-state index >= 15 is 0 Å². The lowest BCUT2D eigenvalue weighted by Gasteiger charge is -2.20. The van der Waals surface area contributed by atoms with Crippen LogP contribution >= 0.6 is 0 Å². The number of fused-ring (bicyclic) bond motifs is 1. The molecule has 0 spiro atoms. The summed E-state index contributed by atoms with van der Waals surface area (Å²) in [6.07, 6.45) is 3.56. The highest BCUT2D eigenvalue weighted by Crippen LogP contribution is 2.54. The van der Waals surface area contributed by atoms with E-state index in [-0.39, 0.29) is 11.8 Å². The van der Waals surface area contributed by atoms with Crippen molar-refractivity contribution in [1.29, 1.82) is 0 Å². The third kappa shape index (κ3) is 2.08. The number of rotatable bonds is 3. The molecule has 2 aliphatic carbocycles. The second-order valence-electron chi connectivity index (χ2n) is 5.55. The molecule has 0 radical (unpaired) electrons. The van der Waals surface area contributed by atoms with Gasteiger partial charge in [0.25, 0.3) is 0 Å². The minimum atomic E-state index is 0.261. The molecule has 0 aromatic carbocycles. The Balaban J connectivity index is 1.58. The van der Waals surface area contributed by atoms with Crippen molar-refractivity contribution in [3.8, 4) is 0 Å². The molecule has 2 atom stereocenters. The van der Waals surface area contributed by atoms with E-state index in [0.717, 1.165) is 36.1 Å². The van der Waals surface area contributed by atoms with Gasteiger partial charge in [0, 0.05) is 19.0 Å². The van der Waals surface area contributed by atoms with E-state index in [2.05, 4.69) is 5.16 Å². The Labute approximate surface area is 101 Å². The lowest BCUT2D eigenvalue weighted by molar-refractivity contribution is -0.134. The van der Waals surface area contributed by atoms with Gasteiger partial charge in [0.05, 0.1) is 6.54 Å². The van der Waals surface area contributed by atoms with Crippen LogP contribution in [0.5, 0.6) is 0 Å². The Kier molecular flexibility index (Phi) is 2.45. The third-order valence-corrected chi connectivity index (χ3v) is 4.04. The molecule has 0 bridgehead atoms. The van der Waals surface area contributed by atoms with Crippen molar-refractivity contribution in [3.63, 3.8) is 0 Å². The van der Waals surface area contributed by atoms with Crippen LogP contribution in [0.2, 0.25) is 0 Å². The summed E-state index contributed by atoms with van der Waals surface area (Å²) in [6.45, 7) is 2.42. The first-order valence-electron chi connectivity index (χ1n) is 6.30. The van der Waals surface area contributed by atoms with E-state index in [1.807, 2.05) is 20.0 Å². The zero-order chi connectivity index (χ0) is 12.0. The van der Waals surface area contributed by atoms with Crippen molar-refractivity contribution >= 4 is 5.91 Å². The van der Waals surface area contributed by atoms with Gasteiger partial charge in [-0.3, -0.25) is 4.79 Å². The monoisotopic (exact) mass is 234 g/mol. The summed E-state index contributed by atoms with van der Waals surface area (Å²) in [5, 5.41) is 3.92. The lowest BCUT2D eigenvalue weighted by atomic mass is 10.0. The van der Waals surface area contributed by atoms with E-state index in [4.69, 9.17) is 4.52 Å². The van der Waals surface area contributed by atoms with Crippen LogP contribution in [0.1, 0.15) is 30.7 Å². The first kappa shape index (κ1) is 10.8. The SMILES string of the molecule is Cc1cc(CN(C)C(=O)C2CC3CC3C2)no1. The number of aromatic nitrogens is 1. The van der Waals surface area contributed by atoms with Crippen molar-refractivity contribution in [3.05, 3.63) is 17.5 Å². The molecule has 2 saturated carbocycles. The summed E-state index contributed by atoms with van der Waals surface area (Å²) in [5.74, 6) is 3.04. The molecular weight excluding hydrogens is 216 g/mol. The Bertz CT molecular complexity index is 430. The minimum Gasteiger partial charge on any atom is -0.361 e. The molecule has 1 heterocycles. The van der Waals surface area contributed by atoms with Gasteiger partial charge in [0.2, 0.25) is 5.91 Å². The largest absolute Gasteiger partial charge is 0.361 e. The molecule has 4 heteroatoms. The summed E-state index contributed by atoms with van der Waals surface area (Å²) in [6, 6.07) is 1.88. The number of hydrogen-bond donors (Lipinski definition) is 0. The van der Waals surface area contributed by atoms with Gasteiger partial charge in [-0.05, 0) is 38.0 Å². The fraction of sp³-hybridized carbons (Fsp3) is 0.692. The Morgan fingerprint density at radius 3 is 2.76 bits per heavy atom. The zero-order valence-corrected chi connectivity index (χ0v) is 10.3. The quantitative estimate of drug-likeness (QED) is 0.803. The van der Waals surface area contributed by atoms with Gasteiger partial charge in [-0.25, -0.2) is 0 Å². The molecule has 2 aliphatic rings. The second kappa shape index (κ2) is 3.86. The molecule has 2 unspecified atom stereocenters. The maximum absolute atomic E-state index is 12.2. The van der Waals surface area contributed by atoms with Crippen molar-refractivity contribution in [2.24, 2.45) is 17.8 Å². The predicted molar refractivity (Wildman–Crippen MR) is 62.0 cm³/mol. The van der Waals surface area contributed by atoms with E-state index < -0.39 is 0 Å². The van der Waals surface area contributed by atoms with Crippen molar-refractivity contribution in [2.75, 3.05) is 7.05 Å². The molecule has 1 aromatic rings. The molecular formula is C13H18N2O2. The van der Waals surface area contributed by atoms with Gasteiger partial charge in [0.15, 0.2) is 0 Å². The van der Waals surface area contributed by atoms with Gasteiger partial charge in [-0.2, -0.15) is 0 Å². The van der Waals surface area contributed by atoms with E-state index in [1.54, 1.807) is 4.90 Å². The Hall–Kier alpha value is -1.32. The number of amides is 1. The van der Waals surface area contributed by atoms with E-state index in [0.29, 0.717) is 6.54 Å². The molecule has 0 aliphatic heterocycles. The summed E-state index contributed by atoms with van der Waals surface area (Å²) in [4.78, 5) is 14.0. The molecule has 1 amide bonds. The summed E-state index contributed by atoms with van der Waals surface area (Å²) in [5.41, 5.74) is 0.835. The second-order valence-corrected chi connectivity index (χ2v) is 5.55. The number of hydrogen-bond acceptors (Lipinski definition) is 3. The molecule has 3 rings (SSSR count). The predicted octanol–water partition coefficient (Wildman–Crippen LogP) is 1.99. The molecule has 4 nitrogen and oxygen atoms in total. The summed E-state index contributed by atoms with van der Waals surface area (Å²) < 4.78 is 5.01. The average molecular weight is 234 g/mol. The van der Waals surface area contributed by atoms with Crippen LogP contribution in [0, 0.1) is 24.7 Å². The van der Waals surface area contributed by atoms with Crippen LogP contribution in [0.4, 0.5) is 0 Å². The lowest BCUT2D eigenvalue weighted by Crippen LogP contribution is -2.32. The minimum absolute atomic E-state index is 0.261. The first-order chi connectivity index (χ1) is 8.13. The molecule has 17 heavy (non-hydrogen) atoms. The third-order valence-electron chi connectivity index (χ3n) is 4.04. The van der Waals surface area contributed by atoms with Crippen molar-refractivity contribution in [1.82, 2.24) is 10.1 Å². The van der Waals surface area contributed by atoms with Crippen LogP contribution < -0.4 is 0 Å². The van der Waals surface area contributed by atoms with Gasteiger partial charge in [-0.1, -0.05) is 5.16 Å². The fourth-order valence-corrected chi connectivity index (χ4v) is 3.04. The highest BCUT2D eigenvalue weighted by molar-refractivity contribution is 5.79. The highest BCUT2D eigenvalue weighted by atomic mass is 16.5. The maximum atomic E-state index is 12.2. The van der Waals surface area contributed by atoms with Crippen LogP contribution in [-0.4, -0.2) is 23.0 Å². The Morgan fingerprint density at radius 1 is 1.47 bits per heavy atom. The Morgan fingerprint density at radius 2 is 2.18 bits per heavy atom. The average Bonchev–Trinajstić information content (AvgIpc) is 2.72. The van der Waals surface area contributed by atoms with E-state index in [9.17, 15) is 4.79 Å². The molecule has 92 valence electrons. The normalized spacial score (nSPS) is 30.1. The van der Waals surface area contributed by atoms with E-state index in [1.165, 1.54) is 6.42 Å². The summed E-state index contributed by atoms with van der Waals surface area (Å²) in [7, 11) is 1.86. The van der Waals surface area contributed by atoms with Crippen LogP contribution in [0.3, 0.4) is 0 Å². The van der Waals surface area contributed by atoms with Crippen LogP contribution in [0.15, 0.2) is 10.6 Å².